The van der Waals surface area contributed by atoms with Crippen molar-refractivity contribution in [1.82, 2.24) is 0 Å². The van der Waals surface area contributed by atoms with Gasteiger partial charge in [-0.05, 0) is 0 Å². The standard InChI is InChI=1S/2C5H5.C4H7.ClH.Zr/c2*1-2-4-5-3-1;1-4(2)3;;/h2*1-3H,4H2;1H,2-3H3;1H;/q3*-1;;+4/p-1. The zero-order valence-corrected chi connectivity index (χ0v) is 13.0. The molecular weight excluding hydrogens is 295 g/mol. The predicted molar refractivity (Wildman–Crippen MR) is 62.3 cm³/mol. The van der Waals surface area contributed by atoms with Gasteiger partial charge in [0.15, 0.2) is 0 Å². The van der Waals surface area contributed by atoms with Crippen LogP contribution in [-0.2, 0) is 26.2 Å². The Morgan fingerprint density at radius 2 is 1.31 bits per heavy atom. The van der Waals surface area contributed by atoms with Crippen LogP contribution in [0.1, 0.15) is 26.7 Å². The molecule has 0 fully saturated rings. The quantitative estimate of drug-likeness (QED) is 0.586. The van der Waals surface area contributed by atoms with Crippen LogP contribution in [0.4, 0.5) is 0 Å². The first-order valence-electron chi connectivity index (χ1n) is 4.72. The molecule has 0 unspecified atom stereocenters. The second kappa shape index (κ2) is 17.3. The van der Waals surface area contributed by atoms with Gasteiger partial charge in [-0.1, -0.05) is 13.8 Å². The largest absolute Gasteiger partial charge is 4.00 e. The van der Waals surface area contributed by atoms with Gasteiger partial charge in [0.25, 0.3) is 0 Å². The molecular formula is C14H17ClZr. The zero-order valence-electron chi connectivity index (χ0n) is 9.83. The minimum Gasteiger partial charge on any atom is -1.00 e. The van der Waals surface area contributed by atoms with E-state index in [1.165, 1.54) is 0 Å². The first kappa shape index (κ1) is 21.2. The van der Waals surface area contributed by atoms with Gasteiger partial charge in [0.1, 0.15) is 0 Å². The number of rotatable bonds is 0. The number of halogens is 1. The van der Waals surface area contributed by atoms with Crippen molar-refractivity contribution >= 4 is 0 Å². The van der Waals surface area contributed by atoms with Crippen LogP contribution in [0.25, 0.3) is 0 Å². The van der Waals surface area contributed by atoms with Gasteiger partial charge in [-0.2, -0.15) is 12.2 Å². The Morgan fingerprint density at radius 3 is 1.38 bits per heavy atom. The minimum absolute atomic E-state index is 0. The molecule has 2 aliphatic rings. The maximum absolute atomic E-state index is 5.03. The molecule has 0 amide bonds. The molecule has 0 saturated heterocycles. The summed E-state index contributed by atoms with van der Waals surface area (Å²) in [4.78, 5) is 0. The molecule has 0 heterocycles. The first-order valence-corrected chi connectivity index (χ1v) is 4.72. The van der Waals surface area contributed by atoms with E-state index in [2.05, 4.69) is 24.3 Å². The molecule has 2 rings (SSSR count). The molecule has 0 aromatic carbocycles. The monoisotopic (exact) mass is 310 g/mol. The predicted octanol–water partition coefficient (Wildman–Crippen LogP) is 0.998. The summed E-state index contributed by atoms with van der Waals surface area (Å²) < 4.78 is 0. The van der Waals surface area contributed by atoms with E-state index in [0.717, 1.165) is 18.4 Å². The van der Waals surface area contributed by atoms with Crippen LogP contribution in [-0.4, -0.2) is 0 Å². The van der Waals surface area contributed by atoms with Crippen molar-refractivity contribution < 1.29 is 38.6 Å². The fourth-order valence-electron chi connectivity index (χ4n) is 0.680. The van der Waals surface area contributed by atoms with Crippen LogP contribution in [0.5, 0.6) is 0 Å². The van der Waals surface area contributed by atoms with Gasteiger partial charge in [0.2, 0.25) is 0 Å². The minimum atomic E-state index is 0. The van der Waals surface area contributed by atoms with E-state index in [1.54, 1.807) is 0 Å². The summed E-state index contributed by atoms with van der Waals surface area (Å²) in [7, 11) is 0. The maximum Gasteiger partial charge on any atom is 4.00 e. The third kappa shape index (κ3) is 23.6. The number of hydrogen-bond acceptors (Lipinski definition) is 0. The molecule has 0 aliphatic heterocycles. The van der Waals surface area contributed by atoms with Gasteiger partial charge in [0, 0.05) is 0 Å². The summed E-state index contributed by atoms with van der Waals surface area (Å²) in [5, 5.41) is 0. The Bertz CT molecular complexity index is 214. The van der Waals surface area contributed by atoms with Crippen molar-refractivity contribution in [3.05, 3.63) is 60.8 Å². The van der Waals surface area contributed by atoms with Gasteiger partial charge in [-0.3, -0.25) is 17.7 Å². The number of hydrogen-bond donors (Lipinski definition) is 0. The summed E-state index contributed by atoms with van der Waals surface area (Å²) in [6.45, 7) is 8.75. The number of allylic oxidation sites excluding steroid dienone is 9. The van der Waals surface area contributed by atoms with Crippen LogP contribution < -0.4 is 12.4 Å². The maximum atomic E-state index is 5.03. The van der Waals surface area contributed by atoms with E-state index in [9.17, 15) is 0 Å². The van der Waals surface area contributed by atoms with Crippen LogP contribution in [0.3, 0.4) is 0 Å². The summed E-state index contributed by atoms with van der Waals surface area (Å²) in [5.41, 5.74) is 0.917. The molecule has 16 heavy (non-hydrogen) atoms. The smallest absolute Gasteiger partial charge is 1.00 e. The first-order chi connectivity index (χ1) is 6.73. The second-order valence-corrected chi connectivity index (χ2v) is 3.08. The van der Waals surface area contributed by atoms with Crippen LogP contribution in [0, 0.1) is 18.7 Å². The zero-order chi connectivity index (χ0) is 10.6. The van der Waals surface area contributed by atoms with Gasteiger partial charge in [-0.25, -0.2) is 24.3 Å². The van der Waals surface area contributed by atoms with Gasteiger partial charge >= 0.3 is 26.2 Å². The van der Waals surface area contributed by atoms with E-state index in [1.807, 2.05) is 38.2 Å². The molecule has 0 nitrogen and oxygen atoms in total. The van der Waals surface area contributed by atoms with Crippen LogP contribution >= 0.6 is 0 Å². The molecule has 2 heteroatoms. The van der Waals surface area contributed by atoms with Crippen molar-refractivity contribution in [3.63, 3.8) is 0 Å². The summed E-state index contributed by atoms with van der Waals surface area (Å²) in [5.74, 6) is 0. The Balaban J connectivity index is -0.000000151. The topological polar surface area (TPSA) is 0 Å². The van der Waals surface area contributed by atoms with Crippen molar-refractivity contribution in [3.8, 4) is 0 Å². The second-order valence-electron chi connectivity index (χ2n) is 3.08. The summed E-state index contributed by atoms with van der Waals surface area (Å²) in [6, 6.07) is 0. The molecule has 0 spiro atoms. The molecule has 0 atom stereocenters. The third-order valence-electron chi connectivity index (χ3n) is 1.17. The molecule has 0 bridgehead atoms. The summed E-state index contributed by atoms with van der Waals surface area (Å²) in [6.07, 6.45) is 20.0. The molecule has 0 saturated carbocycles. The van der Waals surface area contributed by atoms with Gasteiger partial charge < -0.3 is 19.0 Å². The molecule has 0 N–H and O–H groups in total. The Labute approximate surface area is 125 Å². The molecule has 0 aromatic heterocycles. The SMILES string of the molecule is [C-]1=CC=CC1.[C-]1=CC=CC1.[CH-]=C(C)C.[Cl-].[Zr+4]. The molecule has 0 aromatic rings. The molecule has 2 aliphatic carbocycles. The fraction of sp³-hybridized carbons (Fsp3) is 0.286. The van der Waals surface area contributed by atoms with E-state index < -0.39 is 0 Å². The third-order valence-corrected chi connectivity index (χ3v) is 1.17. The van der Waals surface area contributed by atoms with Crippen molar-refractivity contribution in [2.24, 2.45) is 0 Å². The molecule has 84 valence electrons. The van der Waals surface area contributed by atoms with Gasteiger partial charge in [-0.15, -0.1) is 12.8 Å². The average molecular weight is 312 g/mol. The fourth-order valence-corrected chi connectivity index (χ4v) is 0.680. The Morgan fingerprint density at radius 1 is 1.00 bits per heavy atom. The van der Waals surface area contributed by atoms with E-state index in [4.69, 9.17) is 6.58 Å². The van der Waals surface area contributed by atoms with Gasteiger partial charge in [0.05, 0.1) is 0 Å². The van der Waals surface area contributed by atoms with Crippen molar-refractivity contribution in [1.29, 1.82) is 0 Å². The van der Waals surface area contributed by atoms with Crippen LogP contribution in [0.15, 0.2) is 42.0 Å². The summed E-state index contributed by atoms with van der Waals surface area (Å²) >= 11 is 0. The van der Waals surface area contributed by atoms with Crippen molar-refractivity contribution in [2.75, 3.05) is 0 Å². The van der Waals surface area contributed by atoms with E-state index in [-0.39, 0.29) is 38.6 Å². The van der Waals surface area contributed by atoms with E-state index >= 15 is 0 Å². The van der Waals surface area contributed by atoms with Crippen LogP contribution in [0.2, 0.25) is 0 Å². The van der Waals surface area contributed by atoms with E-state index in [0.29, 0.717) is 0 Å². The molecule has 0 radical (unpaired) electrons. The Kier molecular flexibility index (Phi) is 22.9. The van der Waals surface area contributed by atoms with Crippen molar-refractivity contribution in [2.45, 2.75) is 26.7 Å². The Hall–Kier alpha value is -0.127. The normalized spacial score (nSPS) is 12.6. The average Bonchev–Trinajstić information content (AvgIpc) is 2.83.